The molecule has 2 heterocycles. The molecule has 1 fully saturated rings. The van der Waals surface area contributed by atoms with E-state index in [1.807, 2.05) is 0 Å². The normalized spacial score (nSPS) is 23.8. The lowest BCUT2D eigenvalue weighted by molar-refractivity contribution is -0.123. The number of β-amino-alcohol motifs (C(OH)–C–C–N with tert-alkyl or cyclic N) is 1. The highest BCUT2D eigenvalue weighted by molar-refractivity contribution is 7.10. The standard InChI is InChI=1S/C16H24N2O3S/c19-12(11-18-5-7-21-8-6-18)10-17-16(20)14-2-1-3-15-13(14)4-9-22-15/h4,9,12,14,19H,1-3,5-8,10-11H2,(H,17,20)/t12-,14-/m0/s1. The van der Waals surface area contributed by atoms with Crippen molar-refractivity contribution in [1.29, 1.82) is 0 Å². The maximum Gasteiger partial charge on any atom is 0.227 e. The predicted molar refractivity (Wildman–Crippen MR) is 86.3 cm³/mol. The first-order valence-electron chi connectivity index (χ1n) is 8.06. The SMILES string of the molecule is O=C(NC[C@H](O)CN1CCOCC1)[C@H]1CCCc2sccc21. The fourth-order valence-corrected chi connectivity index (χ4v) is 4.23. The first-order valence-corrected chi connectivity index (χ1v) is 8.94. The van der Waals surface area contributed by atoms with Gasteiger partial charge in [-0.1, -0.05) is 0 Å². The van der Waals surface area contributed by atoms with Crippen LogP contribution in [-0.2, 0) is 16.0 Å². The summed E-state index contributed by atoms with van der Waals surface area (Å²) in [4.78, 5) is 15.9. The Bertz CT molecular complexity index is 499. The van der Waals surface area contributed by atoms with Gasteiger partial charge >= 0.3 is 0 Å². The van der Waals surface area contributed by atoms with E-state index in [9.17, 15) is 9.90 Å². The van der Waals surface area contributed by atoms with E-state index in [1.165, 1.54) is 10.4 Å². The third kappa shape index (κ3) is 3.87. The molecule has 1 aromatic heterocycles. The number of carbonyl (C=O) groups excluding carboxylic acids is 1. The van der Waals surface area contributed by atoms with Gasteiger partial charge in [0, 0.05) is 31.1 Å². The molecule has 1 aliphatic carbocycles. The van der Waals surface area contributed by atoms with Crippen molar-refractivity contribution in [3.8, 4) is 0 Å². The number of aliphatic hydroxyl groups excluding tert-OH is 1. The van der Waals surface area contributed by atoms with Crippen LogP contribution < -0.4 is 5.32 Å². The summed E-state index contributed by atoms with van der Waals surface area (Å²) in [5.74, 6) is 0.0194. The molecule has 1 amide bonds. The van der Waals surface area contributed by atoms with Gasteiger partial charge in [0.15, 0.2) is 0 Å². The quantitative estimate of drug-likeness (QED) is 0.847. The molecule has 122 valence electrons. The van der Waals surface area contributed by atoms with Gasteiger partial charge in [0.1, 0.15) is 0 Å². The summed E-state index contributed by atoms with van der Waals surface area (Å²) in [6, 6.07) is 2.08. The van der Waals surface area contributed by atoms with Crippen LogP contribution in [0.1, 0.15) is 29.2 Å². The second kappa shape index (κ2) is 7.55. The second-order valence-electron chi connectivity index (χ2n) is 6.06. The summed E-state index contributed by atoms with van der Waals surface area (Å²) in [6.45, 7) is 4.08. The lowest BCUT2D eigenvalue weighted by atomic mass is 9.87. The lowest BCUT2D eigenvalue weighted by Crippen LogP contribution is -2.45. The Kier molecular flexibility index (Phi) is 5.46. The van der Waals surface area contributed by atoms with Gasteiger partial charge in [0.25, 0.3) is 0 Å². The van der Waals surface area contributed by atoms with Crippen molar-refractivity contribution in [3.63, 3.8) is 0 Å². The van der Waals surface area contributed by atoms with E-state index in [1.54, 1.807) is 11.3 Å². The average molecular weight is 324 g/mol. The van der Waals surface area contributed by atoms with E-state index < -0.39 is 6.10 Å². The topological polar surface area (TPSA) is 61.8 Å². The monoisotopic (exact) mass is 324 g/mol. The number of hydrogen-bond donors (Lipinski definition) is 2. The Morgan fingerprint density at radius 3 is 3.14 bits per heavy atom. The number of hydrogen-bond acceptors (Lipinski definition) is 5. The van der Waals surface area contributed by atoms with Gasteiger partial charge in [-0.05, 0) is 36.3 Å². The minimum absolute atomic E-state index is 0.0365. The molecule has 0 spiro atoms. The van der Waals surface area contributed by atoms with Crippen molar-refractivity contribution >= 4 is 17.2 Å². The summed E-state index contributed by atoms with van der Waals surface area (Å²) in [6.07, 6.45) is 2.56. The number of morpholine rings is 1. The molecule has 5 nitrogen and oxygen atoms in total. The van der Waals surface area contributed by atoms with E-state index in [0.717, 1.165) is 45.6 Å². The molecule has 0 unspecified atom stereocenters. The minimum Gasteiger partial charge on any atom is -0.390 e. The number of ether oxygens (including phenoxy) is 1. The molecule has 0 saturated carbocycles. The molecule has 1 aromatic rings. The molecule has 1 aliphatic heterocycles. The molecule has 2 atom stereocenters. The summed E-state index contributed by atoms with van der Waals surface area (Å²) in [7, 11) is 0. The first-order chi connectivity index (χ1) is 10.7. The number of nitrogens with zero attached hydrogens (tertiary/aromatic N) is 1. The third-order valence-corrected chi connectivity index (χ3v) is 5.45. The molecule has 1 saturated heterocycles. The van der Waals surface area contributed by atoms with Gasteiger partial charge in [-0.25, -0.2) is 0 Å². The van der Waals surface area contributed by atoms with Crippen LogP contribution in [0.3, 0.4) is 0 Å². The van der Waals surface area contributed by atoms with Gasteiger partial charge in [-0.15, -0.1) is 11.3 Å². The largest absolute Gasteiger partial charge is 0.390 e. The van der Waals surface area contributed by atoms with Crippen LogP contribution in [-0.4, -0.2) is 61.4 Å². The van der Waals surface area contributed by atoms with E-state index in [0.29, 0.717) is 13.1 Å². The number of fused-ring (bicyclic) bond motifs is 1. The molecule has 0 radical (unpaired) electrons. The number of aryl methyl sites for hydroxylation is 1. The van der Waals surface area contributed by atoms with Gasteiger partial charge in [-0.3, -0.25) is 9.69 Å². The zero-order valence-electron chi connectivity index (χ0n) is 12.8. The second-order valence-corrected chi connectivity index (χ2v) is 7.06. The predicted octanol–water partition coefficient (Wildman–Crippen LogP) is 0.977. The Hall–Kier alpha value is -0.950. The van der Waals surface area contributed by atoms with E-state index in [-0.39, 0.29) is 11.8 Å². The molecule has 6 heteroatoms. The summed E-state index contributed by atoms with van der Waals surface area (Å²) in [5.41, 5.74) is 1.19. The fourth-order valence-electron chi connectivity index (χ4n) is 3.25. The zero-order valence-corrected chi connectivity index (χ0v) is 13.6. The maximum atomic E-state index is 12.4. The van der Waals surface area contributed by atoms with Crippen LogP contribution in [0.5, 0.6) is 0 Å². The number of amides is 1. The summed E-state index contributed by atoms with van der Waals surface area (Å²) >= 11 is 1.75. The molecule has 0 aromatic carbocycles. The van der Waals surface area contributed by atoms with Crippen LogP contribution in [0, 0.1) is 0 Å². The maximum absolute atomic E-state index is 12.4. The van der Waals surface area contributed by atoms with Crippen molar-refractivity contribution in [2.24, 2.45) is 0 Å². The number of carbonyl (C=O) groups is 1. The van der Waals surface area contributed by atoms with Crippen LogP contribution in [0.4, 0.5) is 0 Å². The summed E-state index contributed by atoms with van der Waals surface area (Å²) in [5, 5.41) is 15.1. The van der Waals surface area contributed by atoms with Crippen molar-refractivity contribution in [2.45, 2.75) is 31.3 Å². The van der Waals surface area contributed by atoms with Crippen LogP contribution >= 0.6 is 11.3 Å². The first kappa shape index (κ1) is 15.9. The lowest BCUT2D eigenvalue weighted by Gasteiger charge is -2.29. The van der Waals surface area contributed by atoms with Crippen molar-refractivity contribution in [1.82, 2.24) is 10.2 Å². The fraction of sp³-hybridized carbons (Fsp3) is 0.688. The number of nitrogens with one attached hydrogen (secondary N) is 1. The Morgan fingerprint density at radius 2 is 2.32 bits per heavy atom. The minimum atomic E-state index is -0.521. The highest BCUT2D eigenvalue weighted by atomic mass is 32.1. The van der Waals surface area contributed by atoms with Crippen LogP contribution in [0.25, 0.3) is 0 Å². The number of rotatable bonds is 5. The number of thiophene rings is 1. The van der Waals surface area contributed by atoms with Gasteiger partial charge in [0.2, 0.25) is 5.91 Å². The molecule has 3 rings (SSSR count). The van der Waals surface area contributed by atoms with Crippen LogP contribution in [0.2, 0.25) is 0 Å². The van der Waals surface area contributed by atoms with Crippen LogP contribution in [0.15, 0.2) is 11.4 Å². The van der Waals surface area contributed by atoms with Crippen molar-refractivity contribution in [3.05, 3.63) is 21.9 Å². The Labute approximate surface area is 135 Å². The Morgan fingerprint density at radius 1 is 1.50 bits per heavy atom. The zero-order chi connectivity index (χ0) is 15.4. The molecule has 22 heavy (non-hydrogen) atoms. The van der Waals surface area contributed by atoms with Crippen molar-refractivity contribution < 1.29 is 14.6 Å². The van der Waals surface area contributed by atoms with Gasteiger partial charge < -0.3 is 15.2 Å². The van der Waals surface area contributed by atoms with Crippen molar-refractivity contribution in [2.75, 3.05) is 39.4 Å². The smallest absolute Gasteiger partial charge is 0.227 e. The average Bonchev–Trinajstić information content (AvgIpc) is 3.02. The third-order valence-electron chi connectivity index (χ3n) is 4.45. The molecular weight excluding hydrogens is 300 g/mol. The van der Waals surface area contributed by atoms with Gasteiger partial charge in [0.05, 0.1) is 25.2 Å². The molecular formula is C16H24N2O3S. The number of aliphatic hydroxyl groups is 1. The molecule has 2 aliphatic rings. The summed E-state index contributed by atoms with van der Waals surface area (Å²) < 4.78 is 5.29. The van der Waals surface area contributed by atoms with E-state index >= 15 is 0 Å². The van der Waals surface area contributed by atoms with E-state index in [2.05, 4.69) is 21.7 Å². The molecule has 2 N–H and O–H groups in total. The van der Waals surface area contributed by atoms with E-state index in [4.69, 9.17) is 4.74 Å². The Balaban J connectivity index is 1.46. The molecule has 0 bridgehead atoms. The highest BCUT2D eigenvalue weighted by Crippen LogP contribution is 2.34. The highest BCUT2D eigenvalue weighted by Gasteiger charge is 2.27. The van der Waals surface area contributed by atoms with Gasteiger partial charge in [-0.2, -0.15) is 0 Å².